The first-order chi connectivity index (χ1) is 14.9. The predicted octanol–water partition coefficient (Wildman–Crippen LogP) is 6.16. The molecule has 2 N–H and O–H groups in total. The SMILES string of the molecule is Fc1cc2oc(-c3nnn[nH]3)cc2cc1CNc1cc(C(F)(F)F)c(Br)c(C(F)(F)F)c1. The number of anilines is 1. The van der Waals surface area contributed by atoms with Crippen LogP contribution in [0.15, 0.2) is 39.2 Å². The molecule has 32 heavy (non-hydrogen) atoms. The third kappa shape index (κ3) is 4.26. The van der Waals surface area contributed by atoms with Crippen molar-refractivity contribution >= 4 is 32.6 Å². The van der Waals surface area contributed by atoms with Gasteiger partial charge in [0.25, 0.3) is 0 Å². The summed E-state index contributed by atoms with van der Waals surface area (Å²) >= 11 is 2.39. The first kappa shape index (κ1) is 22.0. The van der Waals surface area contributed by atoms with E-state index in [2.05, 4.69) is 41.9 Å². The summed E-state index contributed by atoms with van der Waals surface area (Å²) in [6, 6.07) is 4.93. The van der Waals surface area contributed by atoms with Crippen LogP contribution < -0.4 is 5.32 Å². The maximum Gasteiger partial charge on any atom is 0.417 e. The Morgan fingerprint density at radius 3 is 2.19 bits per heavy atom. The van der Waals surface area contributed by atoms with Crippen LogP contribution in [0.3, 0.4) is 0 Å². The number of tetrazole rings is 1. The number of hydrogen-bond donors (Lipinski definition) is 2. The molecule has 0 fully saturated rings. The molecule has 0 spiro atoms. The van der Waals surface area contributed by atoms with Crippen LogP contribution in [-0.2, 0) is 18.9 Å². The first-order valence-corrected chi connectivity index (χ1v) is 9.40. The minimum absolute atomic E-state index is 0.00872. The molecule has 2 heterocycles. The highest BCUT2D eigenvalue weighted by molar-refractivity contribution is 9.10. The smallest absolute Gasteiger partial charge is 0.417 e. The van der Waals surface area contributed by atoms with Crippen LogP contribution in [0.25, 0.3) is 22.6 Å². The van der Waals surface area contributed by atoms with Gasteiger partial charge in [-0.05, 0) is 50.6 Å². The standard InChI is InChI=1S/C18H9BrF7N5O/c19-15-10(17(21,22)23)3-9(4-11(15)18(24,25)26)27-6-8-1-7-2-14(16-28-30-31-29-16)32-13(7)5-12(8)20/h1-5,27H,6H2,(H,28,29,30,31). The molecule has 0 saturated carbocycles. The maximum atomic E-state index is 14.5. The van der Waals surface area contributed by atoms with E-state index in [1.165, 1.54) is 12.1 Å². The van der Waals surface area contributed by atoms with Crippen LogP contribution in [0.1, 0.15) is 16.7 Å². The molecule has 0 aliphatic heterocycles. The van der Waals surface area contributed by atoms with Gasteiger partial charge in [-0.1, -0.05) is 0 Å². The lowest BCUT2D eigenvalue weighted by atomic mass is 10.1. The lowest BCUT2D eigenvalue weighted by Crippen LogP contribution is -2.14. The summed E-state index contributed by atoms with van der Waals surface area (Å²) in [5.41, 5.74) is -3.35. The zero-order valence-electron chi connectivity index (χ0n) is 15.4. The number of benzene rings is 2. The van der Waals surface area contributed by atoms with E-state index in [9.17, 15) is 30.7 Å². The zero-order valence-corrected chi connectivity index (χ0v) is 17.0. The number of rotatable bonds is 4. The molecule has 0 aliphatic carbocycles. The third-order valence-corrected chi connectivity index (χ3v) is 5.28. The van der Waals surface area contributed by atoms with Crippen molar-refractivity contribution in [1.29, 1.82) is 0 Å². The van der Waals surface area contributed by atoms with E-state index in [1.54, 1.807) is 0 Å². The lowest BCUT2D eigenvalue weighted by Gasteiger charge is -2.18. The van der Waals surface area contributed by atoms with Gasteiger partial charge in [0.15, 0.2) is 5.76 Å². The second kappa shape index (κ2) is 7.76. The van der Waals surface area contributed by atoms with Crippen molar-refractivity contribution in [3.05, 3.63) is 57.3 Å². The second-order valence-corrected chi connectivity index (χ2v) is 7.37. The molecule has 0 unspecified atom stereocenters. The fourth-order valence-electron chi connectivity index (χ4n) is 2.96. The van der Waals surface area contributed by atoms with Gasteiger partial charge in [-0.2, -0.15) is 26.3 Å². The normalized spacial score (nSPS) is 12.5. The van der Waals surface area contributed by atoms with E-state index >= 15 is 0 Å². The van der Waals surface area contributed by atoms with Crippen LogP contribution in [0, 0.1) is 5.82 Å². The average molecular weight is 524 g/mol. The molecule has 0 aliphatic rings. The molecule has 4 aromatic rings. The number of H-pyrrole nitrogens is 1. The van der Waals surface area contributed by atoms with Crippen molar-refractivity contribution in [1.82, 2.24) is 20.6 Å². The fraction of sp³-hybridized carbons (Fsp3) is 0.167. The van der Waals surface area contributed by atoms with Crippen LogP contribution in [-0.4, -0.2) is 20.6 Å². The van der Waals surface area contributed by atoms with Crippen molar-refractivity contribution in [2.45, 2.75) is 18.9 Å². The third-order valence-electron chi connectivity index (χ3n) is 4.43. The Morgan fingerprint density at radius 2 is 1.62 bits per heavy atom. The molecule has 2 aromatic carbocycles. The Hall–Kier alpha value is -3.16. The van der Waals surface area contributed by atoms with Crippen molar-refractivity contribution in [2.75, 3.05) is 5.32 Å². The Balaban J connectivity index is 1.66. The van der Waals surface area contributed by atoms with Gasteiger partial charge in [-0.25, -0.2) is 9.49 Å². The molecule has 4 rings (SSSR count). The summed E-state index contributed by atoms with van der Waals surface area (Å²) in [4.78, 5) is 0. The summed E-state index contributed by atoms with van der Waals surface area (Å²) in [6.45, 7) is -0.387. The van der Waals surface area contributed by atoms with Gasteiger partial charge in [-0.15, -0.1) is 5.10 Å². The van der Waals surface area contributed by atoms with Crippen molar-refractivity contribution < 1.29 is 35.2 Å². The summed E-state index contributed by atoms with van der Waals surface area (Å²) < 4.78 is 98.0. The minimum atomic E-state index is -5.04. The van der Waals surface area contributed by atoms with Gasteiger partial charge in [-0.3, -0.25) is 0 Å². The monoisotopic (exact) mass is 523 g/mol. The molecule has 0 bridgehead atoms. The number of halogens is 8. The zero-order chi connectivity index (χ0) is 23.3. The maximum absolute atomic E-state index is 14.5. The van der Waals surface area contributed by atoms with Crippen LogP contribution >= 0.6 is 15.9 Å². The Bertz CT molecular complexity index is 1250. The van der Waals surface area contributed by atoms with Crippen LogP contribution in [0.2, 0.25) is 0 Å². The molecule has 0 atom stereocenters. The van der Waals surface area contributed by atoms with Crippen molar-refractivity contribution in [2.24, 2.45) is 0 Å². The van der Waals surface area contributed by atoms with Crippen LogP contribution in [0.4, 0.5) is 36.4 Å². The van der Waals surface area contributed by atoms with E-state index in [1.807, 2.05) is 0 Å². The van der Waals surface area contributed by atoms with Crippen molar-refractivity contribution in [3.8, 4) is 11.6 Å². The molecular formula is C18H9BrF7N5O. The largest absolute Gasteiger partial charge is 0.453 e. The number of nitrogens with zero attached hydrogens (tertiary/aromatic N) is 3. The first-order valence-electron chi connectivity index (χ1n) is 8.61. The van der Waals surface area contributed by atoms with Gasteiger partial charge >= 0.3 is 12.4 Å². The Kier molecular flexibility index (Phi) is 5.35. The highest BCUT2D eigenvalue weighted by Crippen LogP contribution is 2.44. The van der Waals surface area contributed by atoms with Gasteiger partial charge < -0.3 is 9.73 Å². The van der Waals surface area contributed by atoms with Gasteiger partial charge in [0.05, 0.1) is 11.1 Å². The summed E-state index contributed by atoms with van der Waals surface area (Å²) in [6.07, 6.45) is -10.1. The topological polar surface area (TPSA) is 79.6 Å². The lowest BCUT2D eigenvalue weighted by molar-refractivity contribution is -0.144. The summed E-state index contributed by atoms with van der Waals surface area (Å²) in [7, 11) is 0. The molecule has 0 radical (unpaired) electrons. The molecule has 2 aromatic heterocycles. The predicted molar refractivity (Wildman–Crippen MR) is 101 cm³/mol. The number of aromatic amines is 1. The van der Waals surface area contributed by atoms with E-state index in [4.69, 9.17) is 4.42 Å². The number of nitrogens with one attached hydrogen (secondary N) is 2. The average Bonchev–Trinajstić information content (AvgIpc) is 3.34. The van der Waals surface area contributed by atoms with E-state index < -0.39 is 39.5 Å². The van der Waals surface area contributed by atoms with E-state index in [0.29, 0.717) is 17.5 Å². The summed E-state index contributed by atoms with van der Waals surface area (Å²) in [5, 5.41) is 15.8. The van der Waals surface area contributed by atoms with Gasteiger partial charge in [0.1, 0.15) is 11.4 Å². The number of alkyl halides is 6. The quantitative estimate of drug-likeness (QED) is 0.313. The summed E-state index contributed by atoms with van der Waals surface area (Å²) in [5.74, 6) is -0.367. The van der Waals surface area contributed by atoms with E-state index in [-0.39, 0.29) is 29.3 Å². The molecular weight excluding hydrogens is 515 g/mol. The number of aromatic nitrogens is 4. The minimum Gasteiger partial charge on any atom is -0.453 e. The van der Waals surface area contributed by atoms with E-state index in [0.717, 1.165) is 6.07 Å². The number of fused-ring (bicyclic) bond motifs is 1. The van der Waals surface area contributed by atoms with Crippen LogP contribution in [0.5, 0.6) is 0 Å². The highest BCUT2D eigenvalue weighted by Gasteiger charge is 2.40. The fourth-order valence-corrected chi connectivity index (χ4v) is 3.64. The molecule has 6 nitrogen and oxygen atoms in total. The Morgan fingerprint density at radius 1 is 0.969 bits per heavy atom. The molecule has 0 saturated heterocycles. The molecule has 0 amide bonds. The van der Waals surface area contributed by atoms with Gasteiger partial charge in [0, 0.05) is 33.7 Å². The van der Waals surface area contributed by atoms with Gasteiger partial charge in [0.2, 0.25) is 5.82 Å². The molecule has 168 valence electrons. The van der Waals surface area contributed by atoms with Crippen molar-refractivity contribution in [3.63, 3.8) is 0 Å². The Labute approximate surface area is 181 Å². The number of hydrogen-bond acceptors (Lipinski definition) is 5. The second-order valence-electron chi connectivity index (χ2n) is 6.58. The molecule has 14 heteroatoms. The number of furan rings is 1. The highest BCUT2D eigenvalue weighted by atomic mass is 79.9.